The molecule has 6 heteroatoms. The van der Waals surface area contributed by atoms with Gasteiger partial charge in [0.05, 0.1) is 7.11 Å². The summed E-state index contributed by atoms with van der Waals surface area (Å²) in [4.78, 5) is 15.2. The molecular formula is C22H26N2O4. The number of hydrogen-bond acceptors (Lipinski definition) is 5. The lowest BCUT2D eigenvalue weighted by Crippen LogP contribution is -2.25. The Balaban J connectivity index is 1.46. The third-order valence-electron chi connectivity index (χ3n) is 5.24. The number of benzene rings is 2. The van der Waals surface area contributed by atoms with Crippen LogP contribution in [-0.4, -0.2) is 44.2 Å². The maximum absolute atomic E-state index is 12.8. The largest absolute Gasteiger partial charge is 0.493 e. The summed E-state index contributed by atoms with van der Waals surface area (Å²) in [6.07, 6.45) is 2.54. The number of hydrogen-bond donors (Lipinski definition) is 1. The number of ether oxygens (including phenoxy) is 3. The fraction of sp³-hybridized carbons (Fsp3) is 0.409. The van der Waals surface area contributed by atoms with Crippen molar-refractivity contribution in [1.29, 1.82) is 0 Å². The van der Waals surface area contributed by atoms with Crippen molar-refractivity contribution in [3.63, 3.8) is 0 Å². The first-order valence-corrected chi connectivity index (χ1v) is 9.79. The summed E-state index contributed by atoms with van der Waals surface area (Å²) in [7, 11) is 1.56. The highest BCUT2D eigenvalue weighted by molar-refractivity contribution is 5.95. The maximum atomic E-state index is 12.8. The van der Waals surface area contributed by atoms with Gasteiger partial charge in [0.1, 0.15) is 13.2 Å². The molecule has 0 spiro atoms. The zero-order valence-electron chi connectivity index (χ0n) is 16.2. The van der Waals surface area contributed by atoms with E-state index in [4.69, 9.17) is 14.2 Å². The Bertz CT molecular complexity index is 829. The molecule has 0 radical (unpaired) electrons. The second kappa shape index (κ2) is 8.52. The number of rotatable bonds is 6. The zero-order chi connectivity index (χ0) is 19.3. The lowest BCUT2D eigenvalue weighted by Gasteiger charge is -2.21. The molecule has 0 atom stereocenters. The van der Waals surface area contributed by atoms with Crippen LogP contribution >= 0.6 is 0 Å². The number of carbonyl (C=O) groups is 1. The van der Waals surface area contributed by atoms with Crippen LogP contribution in [0.15, 0.2) is 36.4 Å². The average molecular weight is 382 g/mol. The summed E-state index contributed by atoms with van der Waals surface area (Å²) in [5.41, 5.74) is 2.91. The fourth-order valence-corrected chi connectivity index (χ4v) is 3.75. The van der Waals surface area contributed by atoms with Crippen molar-refractivity contribution >= 4 is 5.91 Å². The summed E-state index contributed by atoms with van der Waals surface area (Å²) in [5, 5.41) is 3.03. The molecule has 0 aliphatic carbocycles. The van der Waals surface area contributed by atoms with Crippen LogP contribution in [0.25, 0.3) is 0 Å². The van der Waals surface area contributed by atoms with Crippen LogP contribution < -0.4 is 19.5 Å². The molecule has 2 heterocycles. The molecule has 0 aromatic heterocycles. The molecule has 4 rings (SSSR count). The van der Waals surface area contributed by atoms with Crippen LogP contribution in [-0.2, 0) is 13.1 Å². The number of methoxy groups -OCH3 is 1. The smallest absolute Gasteiger partial charge is 0.251 e. The summed E-state index contributed by atoms with van der Waals surface area (Å²) in [5.74, 6) is 1.45. The normalized spacial score (nSPS) is 16.0. The standard InChI is InChI=1S/C22H26N2O4/c1-26-19-12-18(13-20-21(19)28-11-10-27-20)22(25)23-14-16-6-2-3-7-17(16)15-24-8-4-5-9-24/h2-3,6-7,12-13H,4-5,8-11,14-15H2,1H3,(H,23,25). The monoisotopic (exact) mass is 382 g/mol. The number of nitrogens with one attached hydrogen (secondary N) is 1. The third kappa shape index (κ3) is 4.07. The van der Waals surface area contributed by atoms with Gasteiger partial charge in [-0.2, -0.15) is 0 Å². The van der Waals surface area contributed by atoms with Crippen LogP contribution in [0.5, 0.6) is 17.2 Å². The predicted octanol–water partition coefficient (Wildman–Crippen LogP) is 2.99. The van der Waals surface area contributed by atoms with E-state index < -0.39 is 0 Å². The van der Waals surface area contributed by atoms with E-state index in [1.807, 2.05) is 6.07 Å². The van der Waals surface area contributed by atoms with Gasteiger partial charge in [0.25, 0.3) is 5.91 Å². The van der Waals surface area contributed by atoms with E-state index in [1.165, 1.54) is 18.4 Å². The molecule has 1 amide bonds. The number of nitrogens with zero attached hydrogens (tertiary/aromatic N) is 1. The van der Waals surface area contributed by atoms with E-state index in [1.54, 1.807) is 19.2 Å². The minimum atomic E-state index is -0.161. The van der Waals surface area contributed by atoms with Crippen molar-refractivity contribution in [3.8, 4) is 17.2 Å². The first kappa shape index (κ1) is 18.6. The molecule has 1 saturated heterocycles. The Morgan fingerprint density at radius 3 is 2.64 bits per heavy atom. The minimum absolute atomic E-state index is 0.161. The average Bonchev–Trinajstić information content (AvgIpc) is 3.25. The van der Waals surface area contributed by atoms with Gasteiger partial charge in [0.2, 0.25) is 5.75 Å². The molecule has 0 saturated carbocycles. The van der Waals surface area contributed by atoms with Gasteiger partial charge >= 0.3 is 0 Å². The molecule has 2 aromatic carbocycles. The summed E-state index contributed by atoms with van der Waals surface area (Å²) < 4.78 is 16.6. The van der Waals surface area contributed by atoms with Gasteiger partial charge in [-0.1, -0.05) is 24.3 Å². The van der Waals surface area contributed by atoms with Gasteiger partial charge in [-0.25, -0.2) is 0 Å². The van der Waals surface area contributed by atoms with E-state index in [2.05, 4.69) is 28.4 Å². The summed E-state index contributed by atoms with van der Waals surface area (Å²) in [6.45, 7) is 4.66. The van der Waals surface area contributed by atoms with Gasteiger partial charge in [0, 0.05) is 18.7 Å². The molecular weight excluding hydrogens is 356 g/mol. The number of carbonyl (C=O) groups excluding carboxylic acids is 1. The zero-order valence-corrected chi connectivity index (χ0v) is 16.2. The van der Waals surface area contributed by atoms with Gasteiger partial charge < -0.3 is 19.5 Å². The Hall–Kier alpha value is -2.73. The topological polar surface area (TPSA) is 60.0 Å². The molecule has 2 aliphatic rings. The first-order valence-electron chi connectivity index (χ1n) is 9.79. The highest BCUT2D eigenvalue weighted by Gasteiger charge is 2.21. The van der Waals surface area contributed by atoms with Crippen LogP contribution in [0.1, 0.15) is 34.3 Å². The molecule has 1 fully saturated rings. The van der Waals surface area contributed by atoms with Crippen molar-refractivity contribution in [1.82, 2.24) is 10.2 Å². The highest BCUT2D eigenvalue weighted by Crippen LogP contribution is 2.40. The maximum Gasteiger partial charge on any atom is 0.251 e. The quantitative estimate of drug-likeness (QED) is 0.832. The molecule has 0 unspecified atom stereocenters. The van der Waals surface area contributed by atoms with Gasteiger partial charge in [-0.15, -0.1) is 0 Å². The summed E-state index contributed by atoms with van der Waals surface area (Å²) in [6, 6.07) is 11.7. The number of likely N-dealkylation sites (tertiary alicyclic amines) is 1. The van der Waals surface area contributed by atoms with Crippen molar-refractivity contribution < 1.29 is 19.0 Å². The molecule has 2 aromatic rings. The van der Waals surface area contributed by atoms with Crippen LogP contribution in [0.4, 0.5) is 0 Å². The van der Waals surface area contributed by atoms with E-state index >= 15 is 0 Å². The SMILES string of the molecule is COc1cc(C(=O)NCc2ccccc2CN2CCCC2)cc2c1OCCO2. The van der Waals surface area contributed by atoms with E-state index in [0.717, 1.165) is 25.2 Å². The van der Waals surface area contributed by atoms with Crippen molar-refractivity contribution in [2.75, 3.05) is 33.4 Å². The van der Waals surface area contributed by atoms with Crippen LogP contribution in [0.3, 0.4) is 0 Å². The van der Waals surface area contributed by atoms with Crippen molar-refractivity contribution in [2.24, 2.45) is 0 Å². The Labute approximate surface area is 165 Å². The van der Waals surface area contributed by atoms with Gasteiger partial charge in [-0.3, -0.25) is 9.69 Å². The lowest BCUT2D eigenvalue weighted by molar-refractivity contribution is 0.0948. The predicted molar refractivity (Wildman–Crippen MR) is 106 cm³/mol. The van der Waals surface area contributed by atoms with Gasteiger partial charge in [-0.05, 0) is 49.2 Å². The van der Waals surface area contributed by atoms with E-state index in [9.17, 15) is 4.79 Å². The fourth-order valence-electron chi connectivity index (χ4n) is 3.75. The molecule has 28 heavy (non-hydrogen) atoms. The van der Waals surface area contributed by atoms with Crippen LogP contribution in [0, 0.1) is 0 Å². The Kier molecular flexibility index (Phi) is 5.67. The van der Waals surface area contributed by atoms with Crippen LogP contribution in [0.2, 0.25) is 0 Å². The number of amides is 1. The Morgan fingerprint density at radius 1 is 1.11 bits per heavy atom. The molecule has 2 aliphatic heterocycles. The molecule has 148 valence electrons. The number of fused-ring (bicyclic) bond motifs is 1. The van der Waals surface area contributed by atoms with Crippen molar-refractivity contribution in [2.45, 2.75) is 25.9 Å². The second-order valence-electron chi connectivity index (χ2n) is 7.14. The molecule has 6 nitrogen and oxygen atoms in total. The molecule has 1 N–H and O–H groups in total. The van der Waals surface area contributed by atoms with E-state index in [0.29, 0.717) is 42.6 Å². The minimum Gasteiger partial charge on any atom is -0.493 e. The Morgan fingerprint density at radius 2 is 1.86 bits per heavy atom. The second-order valence-corrected chi connectivity index (χ2v) is 7.14. The first-order chi connectivity index (χ1) is 13.7. The van der Waals surface area contributed by atoms with E-state index in [-0.39, 0.29) is 5.91 Å². The lowest BCUT2D eigenvalue weighted by atomic mass is 10.1. The van der Waals surface area contributed by atoms with Gasteiger partial charge in [0.15, 0.2) is 11.5 Å². The molecule has 0 bridgehead atoms. The summed E-state index contributed by atoms with van der Waals surface area (Å²) >= 11 is 0. The third-order valence-corrected chi connectivity index (χ3v) is 5.24. The highest BCUT2D eigenvalue weighted by atomic mass is 16.6. The van der Waals surface area contributed by atoms with Crippen molar-refractivity contribution in [3.05, 3.63) is 53.1 Å².